The minimum Gasteiger partial charge on any atom is -0.480 e. The normalized spacial score (nSPS) is 25.8. The summed E-state index contributed by atoms with van der Waals surface area (Å²) in [6.45, 7) is 3.02. The number of nitrogens with one attached hydrogen (secondary N) is 2. The van der Waals surface area contributed by atoms with Crippen LogP contribution in [0, 0.1) is 0 Å². The third kappa shape index (κ3) is 4.36. The summed E-state index contributed by atoms with van der Waals surface area (Å²) in [5.41, 5.74) is 0.362. The number of rotatable bonds is 6. The predicted octanol–water partition coefficient (Wildman–Crippen LogP) is -0.234. The van der Waals surface area contributed by atoms with Crippen molar-refractivity contribution in [2.75, 3.05) is 19.3 Å². The van der Waals surface area contributed by atoms with Crippen molar-refractivity contribution >= 4 is 51.6 Å². The summed E-state index contributed by atoms with van der Waals surface area (Å²) in [5.74, 6) is -2.42. The van der Waals surface area contributed by atoms with Gasteiger partial charge in [-0.1, -0.05) is 30.3 Å². The van der Waals surface area contributed by atoms with Crippen molar-refractivity contribution in [3.63, 3.8) is 0 Å². The Labute approximate surface area is 211 Å². The van der Waals surface area contributed by atoms with Crippen LogP contribution < -0.4 is 10.6 Å². The van der Waals surface area contributed by atoms with Crippen LogP contribution in [-0.2, 0) is 24.4 Å². The molecule has 4 rings (SSSR count). The number of imide groups is 1. The van der Waals surface area contributed by atoms with E-state index in [9.17, 15) is 37.5 Å². The van der Waals surface area contributed by atoms with Crippen LogP contribution in [0.5, 0.6) is 0 Å². The summed E-state index contributed by atoms with van der Waals surface area (Å²) < 4.78 is 23.3. The van der Waals surface area contributed by atoms with Gasteiger partial charge in [-0.3, -0.25) is 9.59 Å². The number of sulfonamides is 1. The molecule has 0 bridgehead atoms. The number of hydrogen-bond donors (Lipinski definition) is 3. The molecule has 1 aromatic rings. The molecule has 3 fully saturated rings. The zero-order valence-electron chi connectivity index (χ0n) is 19.6. The van der Waals surface area contributed by atoms with Gasteiger partial charge in [0.15, 0.2) is 0 Å². The van der Waals surface area contributed by atoms with Crippen LogP contribution in [0.4, 0.5) is 9.59 Å². The molecule has 0 spiro atoms. The van der Waals surface area contributed by atoms with Crippen molar-refractivity contribution in [3.8, 4) is 0 Å². The van der Waals surface area contributed by atoms with Crippen LogP contribution >= 0.6 is 11.8 Å². The third-order valence-corrected chi connectivity index (χ3v) is 8.96. The van der Waals surface area contributed by atoms with E-state index < -0.39 is 68.1 Å². The minimum absolute atomic E-state index is 0.193. The van der Waals surface area contributed by atoms with Gasteiger partial charge in [0.25, 0.3) is 0 Å². The van der Waals surface area contributed by atoms with Crippen molar-refractivity contribution < 1.29 is 37.5 Å². The number of thioether (sulfide) groups is 1. The maximum Gasteiger partial charge on any atom is 0.341 e. The fraction of sp³-hybridized carbons (Fsp3) is 0.476. The molecular weight excluding hydrogens is 514 g/mol. The van der Waals surface area contributed by atoms with Gasteiger partial charge < -0.3 is 20.6 Å². The van der Waals surface area contributed by atoms with Crippen LogP contribution in [0.2, 0.25) is 0 Å². The van der Waals surface area contributed by atoms with Crippen molar-refractivity contribution in [2.45, 2.75) is 42.1 Å². The maximum atomic E-state index is 13.3. The van der Waals surface area contributed by atoms with Crippen LogP contribution in [0.3, 0.4) is 0 Å². The number of hydrogen-bond acceptors (Lipinski definition) is 8. The highest BCUT2D eigenvalue weighted by atomic mass is 32.2. The van der Waals surface area contributed by atoms with Crippen LogP contribution in [-0.4, -0.2) is 99.0 Å². The molecule has 1 aromatic carbocycles. The Kier molecular flexibility index (Phi) is 6.41. The molecule has 4 atom stereocenters. The molecule has 6 amide bonds. The zero-order valence-corrected chi connectivity index (χ0v) is 21.2. The highest BCUT2D eigenvalue weighted by molar-refractivity contribution is 8.01. The Hall–Kier alpha value is -3.33. The lowest BCUT2D eigenvalue weighted by Gasteiger charge is -2.44. The Balaban J connectivity index is 1.51. The van der Waals surface area contributed by atoms with E-state index >= 15 is 0 Å². The molecule has 194 valence electrons. The van der Waals surface area contributed by atoms with Crippen LogP contribution in [0.25, 0.3) is 0 Å². The molecule has 0 radical (unpaired) electrons. The van der Waals surface area contributed by atoms with E-state index in [1.807, 2.05) is 0 Å². The summed E-state index contributed by atoms with van der Waals surface area (Å²) in [6, 6.07) is 2.76. The van der Waals surface area contributed by atoms with Gasteiger partial charge in [0.1, 0.15) is 23.5 Å². The van der Waals surface area contributed by atoms with Crippen molar-refractivity contribution in [1.82, 2.24) is 24.7 Å². The van der Waals surface area contributed by atoms with Gasteiger partial charge in [-0.15, -0.1) is 11.8 Å². The number of carbonyl (C=O) groups is 5. The number of benzene rings is 1. The molecule has 0 saturated carbocycles. The Morgan fingerprint density at radius 3 is 2.33 bits per heavy atom. The molecule has 3 aliphatic rings. The highest BCUT2D eigenvalue weighted by Gasteiger charge is 2.64. The molecule has 36 heavy (non-hydrogen) atoms. The van der Waals surface area contributed by atoms with E-state index in [4.69, 9.17) is 0 Å². The second-order valence-corrected chi connectivity index (χ2v) is 12.8. The molecular formula is C21H25N5O8S2. The number of β-lactam (4-membered cyclic amide) rings is 1. The summed E-state index contributed by atoms with van der Waals surface area (Å²) in [6.07, 6.45) is 0.850. The van der Waals surface area contributed by atoms with Gasteiger partial charge in [-0.25, -0.2) is 32.0 Å². The molecule has 15 heteroatoms. The molecule has 13 nitrogen and oxygen atoms in total. The molecule has 0 aromatic heterocycles. The van der Waals surface area contributed by atoms with E-state index in [0.717, 1.165) is 6.26 Å². The van der Waals surface area contributed by atoms with Crippen molar-refractivity contribution in [3.05, 3.63) is 35.9 Å². The first-order chi connectivity index (χ1) is 16.7. The topological polar surface area (TPSA) is 173 Å². The van der Waals surface area contributed by atoms with Gasteiger partial charge in [0, 0.05) is 4.75 Å². The largest absolute Gasteiger partial charge is 0.480 e. The monoisotopic (exact) mass is 539 g/mol. The summed E-state index contributed by atoms with van der Waals surface area (Å²) >= 11 is 1.26. The first-order valence-corrected chi connectivity index (χ1v) is 13.6. The van der Waals surface area contributed by atoms with Crippen LogP contribution in [0.1, 0.15) is 25.5 Å². The number of fused-ring (bicyclic) bond motifs is 1. The molecule has 3 heterocycles. The lowest BCUT2D eigenvalue weighted by atomic mass is 9.95. The summed E-state index contributed by atoms with van der Waals surface area (Å²) in [4.78, 5) is 65.0. The van der Waals surface area contributed by atoms with Gasteiger partial charge >= 0.3 is 18.0 Å². The SMILES string of the molecule is CC1(C)SC2[C@H](NC(=O)[C@H](NC(=O)N3CCN(S(C)(=O)=O)C3=O)c3ccccc3)C(=O)N2[C@H]1C(=O)O. The van der Waals surface area contributed by atoms with E-state index in [2.05, 4.69) is 10.6 Å². The maximum absolute atomic E-state index is 13.3. The molecule has 3 N–H and O–H groups in total. The van der Waals surface area contributed by atoms with E-state index in [1.165, 1.54) is 16.7 Å². The lowest BCUT2D eigenvalue weighted by Crippen LogP contribution is -2.71. The highest BCUT2D eigenvalue weighted by Crippen LogP contribution is 2.50. The van der Waals surface area contributed by atoms with Gasteiger partial charge in [-0.05, 0) is 19.4 Å². The number of carbonyl (C=O) groups excluding carboxylic acids is 4. The number of aliphatic carboxylic acids is 1. The first-order valence-electron chi connectivity index (χ1n) is 10.9. The van der Waals surface area contributed by atoms with Crippen LogP contribution in [0.15, 0.2) is 30.3 Å². The first kappa shape index (κ1) is 25.8. The van der Waals surface area contributed by atoms with Crippen molar-refractivity contribution in [1.29, 1.82) is 0 Å². The second-order valence-electron chi connectivity index (χ2n) is 9.15. The molecule has 0 aliphatic carbocycles. The van der Waals surface area contributed by atoms with Crippen molar-refractivity contribution in [2.24, 2.45) is 0 Å². The smallest absolute Gasteiger partial charge is 0.341 e. The summed E-state index contributed by atoms with van der Waals surface area (Å²) in [7, 11) is -3.87. The Morgan fingerprint density at radius 2 is 1.78 bits per heavy atom. The Morgan fingerprint density at radius 1 is 1.14 bits per heavy atom. The quantitative estimate of drug-likeness (QED) is 0.413. The van der Waals surface area contributed by atoms with E-state index in [-0.39, 0.29) is 13.1 Å². The molecule has 3 saturated heterocycles. The fourth-order valence-corrected chi connectivity index (χ4v) is 6.96. The average molecular weight is 540 g/mol. The van der Waals surface area contributed by atoms with Gasteiger partial charge in [0.05, 0.1) is 19.3 Å². The third-order valence-electron chi connectivity index (χ3n) is 6.25. The second kappa shape index (κ2) is 8.96. The number of urea groups is 2. The van der Waals surface area contributed by atoms with E-state index in [1.54, 1.807) is 44.2 Å². The number of carboxylic acid groups (broad SMARTS) is 1. The van der Waals surface area contributed by atoms with Gasteiger partial charge in [0.2, 0.25) is 21.8 Å². The fourth-order valence-electron chi connectivity index (χ4n) is 4.54. The summed E-state index contributed by atoms with van der Waals surface area (Å²) in [5, 5.41) is 14.0. The zero-order chi connectivity index (χ0) is 26.6. The number of carboxylic acids is 1. The lowest BCUT2D eigenvalue weighted by molar-refractivity contribution is -0.161. The average Bonchev–Trinajstić information content (AvgIpc) is 3.31. The Bertz CT molecular complexity index is 1240. The standard InChI is InChI=1S/C21H25N5O8S2/c1-21(2)14(18(29)30)26-16(28)13(17(26)35-21)22-15(27)12(11-7-5-4-6-8-11)23-19(31)24-9-10-25(20(24)32)36(3,33)34/h4-8,12-14,17H,9-10H2,1-3H3,(H,22,27)(H,23,31)(H,29,30)/t12-,13-,14+,17?/m1/s1. The van der Waals surface area contributed by atoms with Gasteiger partial charge in [-0.2, -0.15) is 0 Å². The number of nitrogens with zero attached hydrogens (tertiary/aromatic N) is 3. The van der Waals surface area contributed by atoms with E-state index in [0.29, 0.717) is 14.8 Å². The molecule has 1 unspecified atom stereocenters. The predicted molar refractivity (Wildman–Crippen MR) is 127 cm³/mol. The minimum atomic E-state index is -3.87. The molecule has 3 aliphatic heterocycles. The number of amides is 6.